The molecule has 7 heteroatoms. The Bertz CT molecular complexity index is 994. The number of rotatable bonds is 6. The van der Waals surface area contributed by atoms with Gasteiger partial charge in [-0.25, -0.2) is 0 Å². The Balaban J connectivity index is 1.34. The van der Waals surface area contributed by atoms with Gasteiger partial charge in [0.1, 0.15) is 5.75 Å². The quantitative estimate of drug-likeness (QED) is 0.610. The zero-order valence-corrected chi connectivity index (χ0v) is 17.7. The molecule has 3 aromatic rings. The SMILES string of the molecule is CCOc1ccccc1C(=O)NC1CCN(c2cc(-c3ccc(Cl)cc3)[nH]n2)CC1. The van der Waals surface area contributed by atoms with Crippen molar-refractivity contribution >= 4 is 23.3 Å². The number of carbonyl (C=O) groups is 1. The minimum Gasteiger partial charge on any atom is -0.493 e. The number of amides is 1. The zero-order chi connectivity index (χ0) is 20.9. The summed E-state index contributed by atoms with van der Waals surface area (Å²) in [5.74, 6) is 1.47. The number of ether oxygens (including phenoxy) is 1. The summed E-state index contributed by atoms with van der Waals surface area (Å²) in [4.78, 5) is 15.0. The van der Waals surface area contributed by atoms with Gasteiger partial charge in [-0.2, -0.15) is 5.10 Å². The van der Waals surface area contributed by atoms with Gasteiger partial charge in [0.2, 0.25) is 0 Å². The first-order valence-corrected chi connectivity index (χ1v) is 10.6. The smallest absolute Gasteiger partial charge is 0.255 e. The fraction of sp³-hybridized carbons (Fsp3) is 0.304. The van der Waals surface area contributed by atoms with Gasteiger partial charge in [-0.05, 0) is 49.6 Å². The van der Waals surface area contributed by atoms with Gasteiger partial charge in [-0.3, -0.25) is 9.89 Å². The maximum atomic E-state index is 12.7. The van der Waals surface area contributed by atoms with Crippen molar-refractivity contribution in [1.82, 2.24) is 15.5 Å². The third-order valence-electron chi connectivity index (χ3n) is 5.31. The summed E-state index contributed by atoms with van der Waals surface area (Å²) in [7, 11) is 0. The molecule has 1 aliphatic rings. The van der Waals surface area contributed by atoms with Gasteiger partial charge in [0.25, 0.3) is 5.91 Å². The Morgan fingerprint density at radius 2 is 1.93 bits per heavy atom. The van der Waals surface area contributed by atoms with E-state index < -0.39 is 0 Å². The van der Waals surface area contributed by atoms with Gasteiger partial charge >= 0.3 is 0 Å². The minimum absolute atomic E-state index is 0.0812. The van der Waals surface area contributed by atoms with Gasteiger partial charge in [0.15, 0.2) is 5.82 Å². The molecule has 0 spiro atoms. The number of H-pyrrole nitrogens is 1. The fourth-order valence-electron chi connectivity index (χ4n) is 3.70. The maximum absolute atomic E-state index is 12.7. The van der Waals surface area contributed by atoms with Crippen LogP contribution in [0.3, 0.4) is 0 Å². The lowest BCUT2D eigenvalue weighted by atomic mass is 10.0. The van der Waals surface area contributed by atoms with Crippen LogP contribution in [0, 0.1) is 0 Å². The van der Waals surface area contributed by atoms with Crippen LogP contribution in [0.2, 0.25) is 5.02 Å². The van der Waals surface area contributed by atoms with Crippen LogP contribution in [0.15, 0.2) is 54.6 Å². The molecule has 2 heterocycles. The average Bonchev–Trinajstić information content (AvgIpc) is 3.26. The third-order valence-corrected chi connectivity index (χ3v) is 5.56. The van der Waals surface area contributed by atoms with E-state index in [0.29, 0.717) is 22.9 Å². The van der Waals surface area contributed by atoms with E-state index in [4.69, 9.17) is 16.3 Å². The summed E-state index contributed by atoms with van der Waals surface area (Å²) < 4.78 is 5.58. The van der Waals surface area contributed by atoms with Crippen molar-refractivity contribution in [2.24, 2.45) is 0 Å². The number of nitrogens with zero attached hydrogens (tertiary/aromatic N) is 2. The number of hydrogen-bond donors (Lipinski definition) is 2. The van der Waals surface area contributed by atoms with Crippen molar-refractivity contribution in [3.63, 3.8) is 0 Å². The summed E-state index contributed by atoms with van der Waals surface area (Å²) in [5.41, 5.74) is 2.60. The van der Waals surface area contributed by atoms with Crippen LogP contribution >= 0.6 is 11.6 Å². The third kappa shape index (κ3) is 4.60. The predicted molar refractivity (Wildman–Crippen MR) is 119 cm³/mol. The lowest BCUT2D eigenvalue weighted by Crippen LogP contribution is -2.44. The van der Waals surface area contributed by atoms with Crippen LogP contribution in [-0.2, 0) is 0 Å². The van der Waals surface area contributed by atoms with Gasteiger partial charge in [-0.1, -0.05) is 35.9 Å². The number of aromatic amines is 1. The molecule has 0 aliphatic carbocycles. The number of hydrogen-bond acceptors (Lipinski definition) is 4. The van der Waals surface area contributed by atoms with Gasteiger partial charge in [0.05, 0.1) is 17.9 Å². The maximum Gasteiger partial charge on any atom is 0.255 e. The monoisotopic (exact) mass is 424 g/mol. The molecule has 0 saturated carbocycles. The molecule has 1 aromatic heterocycles. The Morgan fingerprint density at radius 3 is 2.67 bits per heavy atom. The van der Waals surface area contributed by atoms with E-state index in [9.17, 15) is 4.79 Å². The predicted octanol–water partition coefficient (Wildman–Crippen LogP) is 4.53. The number of nitrogens with one attached hydrogen (secondary N) is 2. The van der Waals surface area contributed by atoms with Crippen LogP contribution in [0.4, 0.5) is 5.82 Å². The molecule has 1 saturated heterocycles. The molecule has 2 aromatic carbocycles. The van der Waals surface area contributed by atoms with E-state index in [2.05, 4.69) is 26.5 Å². The van der Waals surface area contributed by atoms with E-state index in [-0.39, 0.29) is 11.9 Å². The molecule has 0 unspecified atom stereocenters. The Morgan fingerprint density at radius 1 is 1.20 bits per heavy atom. The molecule has 1 amide bonds. The Labute approximate surface area is 181 Å². The van der Waals surface area contributed by atoms with Crippen molar-refractivity contribution in [2.45, 2.75) is 25.8 Å². The lowest BCUT2D eigenvalue weighted by Gasteiger charge is -2.32. The normalized spacial score (nSPS) is 14.5. The first-order chi connectivity index (χ1) is 14.6. The highest BCUT2D eigenvalue weighted by Crippen LogP contribution is 2.25. The second kappa shape index (κ2) is 9.22. The Kier molecular flexibility index (Phi) is 6.23. The summed E-state index contributed by atoms with van der Waals surface area (Å²) in [6.07, 6.45) is 1.73. The largest absolute Gasteiger partial charge is 0.493 e. The number of halogens is 1. The molecule has 0 radical (unpaired) electrons. The standard InChI is InChI=1S/C23H25ClN4O2/c1-2-30-21-6-4-3-5-19(21)23(29)25-18-11-13-28(14-12-18)22-15-20(26-27-22)16-7-9-17(24)10-8-16/h3-10,15,18H,2,11-14H2,1H3,(H,25,29)(H,26,27). The Hall–Kier alpha value is -2.99. The molecule has 30 heavy (non-hydrogen) atoms. The van der Waals surface area contributed by atoms with Crippen molar-refractivity contribution < 1.29 is 9.53 Å². The van der Waals surface area contributed by atoms with Crippen molar-refractivity contribution in [1.29, 1.82) is 0 Å². The molecule has 0 atom stereocenters. The molecular formula is C23H25ClN4O2. The van der Waals surface area contributed by atoms with Crippen LogP contribution in [0.1, 0.15) is 30.1 Å². The summed E-state index contributed by atoms with van der Waals surface area (Å²) in [6.45, 7) is 4.12. The van der Waals surface area contributed by atoms with Crippen LogP contribution < -0.4 is 15.0 Å². The molecular weight excluding hydrogens is 400 g/mol. The second-order valence-electron chi connectivity index (χ2n) is 7.31. The molecule has 1 fully saturated rings. The fourth-order valence-corrected chi connectivity index (χ4v) is 3.83. The zero-order valence-electron chi connectivity index (χ0n) is 16.9. The van der Waals surface area contributed by atoms with Gasteiger partial charge < -0.3 is 15.0 Å². The van der Waals surface area contributed by atoms with E-state index in [1.165, 1.54) is 0 Å². The summed E-state index contributed by atoms with van der Waals surface area (Å²) in [5, 5.41) is 11.4. The molecule has 1 aliphatic heterocycles. The number of piperidine rings is 1. The molecule has 0 bridgehead atoms. The average molecular weight is 425 g/mol. The van der Waals surface area contributed by atoms with Crippen LogP contribution in [0.25, 0.3) is 11.3 Å². The molecule has 2 N–H and O–H groups in total. The lowest BCUT2D eigenvalue weighted by molar-refractivity contribution is 0.0927. The van der Waals surface area contributed by atoms with E-state index >= 15 is 0 Å². The molecule has 156 valence electrons. The first kappa shape index (κ1) is 20.3. The topological polar surface area (TPSA) is 70.2 Å². The van der Waals surface area contributed by atoms with Gasteiger partial charge in [-0.15, -0.1) is 0 Å². The number of anilines is 1. The van der Waals surface area contributed by atoms with Crippen molar-refractivity contribution in [2.75, 3.05) is 24.6 Å². The highest BCUT2D eigenvalue weighted by atomic mass is 35.5. The van der Waals surface area contributed by atoms with E-state index in [0.717, 1.165) is 43.0 Å². The number of benzene rings is 2. The minimum atomic E-state index is -0.0812. The van der Waals surface area contributed by atoms with Crippen LogP contribution in [-0.4, -0.2) is 41.8 Å². The molecule has 4 rings (SSSR count). The van der Waals surface area contributed by atoms with E-state index in [1.54, 1.807) is 6.07 Å². The summed E-state index contributed by atoms with van der Waals surface area (Å²) in [6, 6.07) is 17.2. The summed E-state index contributed by atoms with van der Waals surface area (Å²) >= 11 is 5.97. The highest BCUT2D eigenvalue weighted by molar-refractivity contribution is 6.30. The van der Waals surface area contributed by atoms with Crippen LogP contribution in [0.5, 0.6) is 5.75 Å². The number of aromatic nitrogens is 2. The van der Waals surface area contributed by atoms with Crippen molar-refractivity contribution in [3.8, 4) is 17.0 Å². The second-order valence-corrected chi connectivity index (χ2v) is 7.75. The number of para-hydroxylation sites is 1. The number of carbonyl (C=O) groups excluding carboxylic acids is 1. The highest BCUT2D eigenvalue weighted by Gasteiger charge is 2.23. The van der Waals surface area contributed by atoms with E-state index in [1.807, 2.05) is 49.4 Å². The first-order valence-electron chi connectivity index (χ1n) is 10.2. The van der Waals surface area contributed by atoms with Crippen molar-refractivity contribution in [3.05, 3.63) is 65.2 Å². The molecule has 6 nitrogen and oxygen atoms in total. The van der Waals surface area contributed by atoms with Gasteiger partial charge in [0, 0.05) is 30.2 Å².